The van der Waals surface area contributed by atoms with Crippen LogP contribution in [0.25, 0.3) is 0 Å². The Bertz CT molecular complexity index is 631. The summed E-state index contributed by atoms with van der Waals surface area (Å²) in [5, 5.41) is 13.1. The van der Waals surface area contributed by atoms with Gasteiger partial charge in [-0.15, -0.1) is 0 Å². The first-order valence-corrected chi connectivity index (χ1v) is 6.90. The Balaban J connectivity index is 2.23. The number of hydrogen-bond donors (Lipinski definition) is 2. The number of methoxy groups -OCH3 is 2. The third kappa shape index (κ3) is 3.52. The molecule has 0 aliphatic carbocycles. The standard InChI is InChI=1S/C16H18ClNO3/c1-10(18-11-4-7-15(19)14(17)8-11)13-6-5-12(20-2)9-16(13)21-3/h4-10,18-19H,1-3H3. The van der Waals surface area contributed by atoms with Gasteiger partial charge in [0, 0.05) is 17.3 Å². The Morgan fingerprint density at radius 3 is 2.48 bits per heavy atom. The molecule has 4 nitrogen and oxygen atoms in total. The highest BCUT2D eigenvalue weighted by Crippen LogP contribution is 2.33. The number of aromatic hydroxyl groups is 1. The van der Waals surface area contributed by atoms with Gasteiger partial charge in [-0.1, -0.05) is 11.6 Å². The Morgan fingerprint density at radius 1 is 1.10 bits per heavy atom. The number of hydrogen-bond acceptors (Lipinski definition) is 4. The molecule has 2 rings (SSSR count). The zero-order valence-electron chi connectivity index (χ0n) is 12.2. The van der Waals surface area contributed by atoms with Crippen LogP contribution in [0.3, 0.4) is 0 Å². The molecule has 0 aromatic heterocycles. The molecule has 0 amide bonds. The van der Waals surface area contributed by atoms with Crippen molar-refractivity contribution < 1.29 is 14.6 Å². The summed E-state index contributed by atoms with van der Waals surface area (Å²) in [6.45, 7) is 2.02. The highest BCUT2D eigenvalue weighted by Gasteiger charge is 2.13. The molecule has 0 spiro atoms. The van der Waals surface area contributed by atoms with Crippen LogP contribution in [0.5, 0.6) is 17.2 Å². The van der Waals surface area contributed by atoms with Gasteiger partial charge in [0.15, 0.2) is 0 Å². The van der Waals surface area contributed by atoms with E-state index in [1.165, 1.54) is 0 Å². The van der Waals surface area contributed by atoms with Gasteiger partial charge in [0.05, 0.1) is 25.3 Å². The Morgan fingerprint density at radius 2 is 1.86 bits per heavy atom. The average Bonchev–Trinajstić information content (AvgIpc) is 2.50. The predicted molar refractivity (Wildman–Crippen MR) is 84.7 cm³/mol. The largest absolute Gasteiger partial charge is 0.506 e. The first-order valence-electron chi connectivity index (χ1n) is 6.52. The van der Waals surface area contributed by atoms with Gasteiger partial charge in [0.25, 0.3) is 0 Å². The summed E-state index contributed by atoms with van der Waals surface area (Å²) < 4.78 is 10.6. The quantitative estimate of drug-likeness (QED) is 0.811. The van der Waals surface area contributed by atoms with Crippen molar-refractivity contribution in [1.82, 2.24) is 0 Å². The molecule has 0 aliphatic heterocycles. The SMILES string of the molecule is COc1ccc(C(C)Nc2ccc(O)c(Cl)c2)c(OC)c1. The van der Waals surface area contributed by atoms with E-state index in [1.54, 1.807) is 32.4 Å². The number of halogens is 1. The van der Waals surface area contributed by atoms with Crippen molar-refractivity contribution in [3.05, 3.63) is 47.0 Å². The molecule has 0 radical (unpaired) electrons. The zero-order valence-corrected chi connectivity index (χ0v) is 12.9. The van der Waals surface area contributed by atoms with Crippen LogP contribution in [-0.4, -0.2) is 19.3 Å². The number of ether oxygens (including phenoxy) is 2. The predicted octanol–water partition coefficient (Wildman–Crippen LogP) is 4.24. The van der Waals surface area contributed by atoms with E-state index in [4.69, 9.17) is 21.1 Å². The number of anilines is 1. The lowest BCUT2D eigenvalue weighted by atomic mass is 10.1. The van der Waals surface area contributed by atoms with Crippen LogP contribution < -0.4 is 14.8 Å². The van der Waals surface area contributed by atoms with Crippen LogP contribution in [0.2, 0.25) is 5.02 Å². The van der Waals surface area contributed by atoms with Gasteiger partial charge in [-0.05, 0) is 37.3 Å². The van der Waals surface area contributed by atoms with Crippen LogP contribution in [0, 0.1) is 0 Å². The maximum Gasteiger partial charge on any atom is 0.134 e. The van der Waals surface area contributed by atoms with E-state index >= 15 is 0 Å². The third-order valence-corrected chi connectivity index (χ3v) is 3.54. The van der Waals surface area contributed by atoms with Gasteiger partial charge in [-0.2, -0.15) is 0 Å². The lowest BCUT2D eigenvalue weighted by Gasteiger charge is -2.19. The molecule has 5 heteroatoms. The first kappa shape index (κ1) is 15.3. The second-order valence-corrected chi connectivity index (χ2v) is 5.05. The van der Waals surface area contributed by atoms with Gasteiger partial charge in [-0.25, -0.2) is 0 Å². The second-order valence-electron chi connectivity index (χ2n) is 4.64. The van der Waals surface area contributed by atoms with E-state index in [1.807, 2.05) is 25.1 Å². The molecular formula is C16H18ClNO3. The Hall–Kier alpha value is -2.07. The molecule has 0 fully saturated rings. The summed E-state index contributed by atoms with van der Waals surface area (Å²) >= 11 is 5.91. The lowest BCUT2D eigenvalue weighted by molar-refractivity contribution is 0.390. The minimum atomic E-state index is 0.00599. The molecule has 0 saturated heterocycles. The monoisotopic (exact) mass is 307 g/mol. The smallest absolute Gasteiger partial charge is 0.134 e. The number of benzene rings is 2. The molecule has 2 N–H and O–H groups in total. The van der Waals surface area contributed by atoms with Crippen LogP contribution in [0.1, 0.15) is 18.5 Å². The van der Waals surface area contributed by atoms with E-state index in [2.05, 4.69) is 5.32 Å². The van der Waals surface area contributed by atoms with Gasteiger partial charge in [0.2, 0.25) is 0 Å². The van der Waals surface area contributed by atoms with Gasteiger partial charge in [-0.3, -0.25) is 0 Å². The zero-order chi connectivity index (χ0) is 15.4. The minimum absolute atomic E-state index is 0.00599. The molecule has 1 atom stereocenters. The highest BCUT2D eigenvalue weighted by molar-refractivity contribution is 6.32. The summed E-state index contributed by atoms with van der Waals surface area (Å²) in [6.07, 6.45) is 0. The third-order valence-electron chi connectivity index (χ3n) is 3.24. The van der Waals surface area contributed by atoms with Crippen molar-refractivity contribution in [1.29, 1.82) is 0 Å². The average molecular weight is 308 g/mol. The summed E-state index contributed by atoms with van der Waals surface area (Å²) in [6, 6.07) is 10.7. The molecule has 0 saturated carbocycles. The molecule has 0 heterocycles. The number of phenols is 1. The van der Waals surface area contributed by atoms with Crippen molar-refractivity contribution in [2.75, 3.05) is 19.5 Å². The van der Waals surface area contributed by atoms with E-state index in [0.29, 0.717) is 5.02 Å². The van der Waals surface area contributed by atoms with Gasteiger partial charge in [0.1, 0.15) is 17.2 Å². The van der Waals surface area contributed by atoms with E-state index < -0.39 is 0 Å². The summed E-state index contributed by atoms with van der Waals surface area (Å²) in [5.74, 6) is 1.56. The molecule has 2 aromatic carbocycles. The topological polar surface area (TPSA) is 50.7 Å². The maximum atomic E-state index is 9.44. The fraction of sp³-hybridized carbons (Fsp3) is 0.250. The molecule has 0 bridgehead atoms. The lowest BCUT2D eigenvalue weighted by Crippen LogP contribution is -2.08. The minimum Gasteiger partial charge on any atom is -0.506 e. The maximum absolute atomic E-state index is 9.44. The summed E-state index contributed by atoms with van der Waals surface area (Å²) in [5.41, 5.74) is 1.82. The second kappa shape index (κ2) is 6.59. The van der Waals surface area contributed by atoms with E-state index in [0.717, 1.165) is 22.7 Å². The number of phenolic OH excluding ortho intramolecular Hbond substituents is 1. The van der Waals surface area contributed by atoms with E-state index in [-0.39, 0.29) is 11.8 Å². The van der Waals surface area contributed by atoms with Gasteiger partial charge < -0.3 is 19.9 Å². The summed E-state index contributed by atoms with van der Waals surface area (Å²) in [7, 11) is 3.25. The molecule has 0 aliphatic rings. The fourth-order valence-corrected chi connectivity index (χ4v) is 2.28. The van der Waals surface area contributed by atoms with Gasteiger partial charge >= 0.3 is 0 Å². The molecular weight excluding hydrogens is 290 g/mol. The normalized spacial score (nSPS) is 11.8. The number of rotatable bonds is 5. The van der Waals surface area contributed by atoms with Crippen molar-refractivity contribution in [3.8, 4) is 17.2 Å². The van der Waals surface area contributed by atoms with Crippen LogP contribution in [0.15, 0.2) is 36.4 Å². The van der Waals surface area contributed by atoms with Crippen molar-refractivity contribution >= 4 is 17.3 Å². The van der Waals surface area contributed by atoms with Crippen molar-refractivity contribution in [2.45, 2.75) is 13.0 Å². The number of nitrogens with one attached hydrogen (secondary N) is 1. The molecule has 21 heavy (non-hydrogen) atoms. The molecule has 112 valence electrons. The van der Waals surface area contributed by atoms with Crippen LogP contribution >= 0.6 is 11.6 Å². The van der Waals surface area contributed by atoms with Crippen LogP contribution in [0.4, 0.5) is 5.69 Å². The Kier molecular flexibility index (Phi) is 4.81. The molecule has 1 unspecified atom stereocenters. The molecule has 2 aromatic rings. The summed E-state index contributed by atoms with van der Waals surface area (Å²) in [4.78, 5) is 0. The van der Waals surface area contributed by atoms with E-state index in [9.17, 15) is 5.11 Å². The fourth-order valence-electron chi connectivity index (χ4n) is 2.10. The highest BCUT2D eigenvalue weighted by atomic mass is 35.5. The van der Waals surface area contributed by atoms with Crippen molar-refractivity contribution in [3.63, 3.8) is 0 Å². The van der Waals surface area contributed by atoms with Crippen molar-refractivity contribution in [2.24, 2.45) is 0 Å². The first-order chi connectivity index (χ1) is 10.0. The van der Waals surface area contributed by atoms with Crippen LogP contribution in [-0.2, 0) is 0 Å². The Labute approximate surface area is 129 Å².